The van der Waals surface area contributed by atoms with E-state index in [1.807, 2.05) is 84.9 Å². The van der Waals surface area contributed by atoms with Crippen LogP contribution in [0.1, 0.15) is 17.2 Å². The monoisotopic (exact) mass is 506 g/mol. The average Bonchev–Trinajstić information content (AvgIpc) is 3.49. The highest BCUT2D eigenvalue weighted by atomic mass is 16.7. The average molecular weight is 507 g/mol. The Hall–Kier alpha value is -4.62. The van der Waals surface area contributed by atoms with Crippen LogP contribution in [0.4, 0.5) is 11.4 Å². The molecule has 7 nitrogen and oxygen atoms in total. The topological polar surface area (TPSA) is 68.3 Å². The van der Waals surface area contributed by atoms with Gasteiger partial charge in [0.15, 0.2) is 6.10 Å². The van der Waals surface area contributed by atoms with Crippen LogP contribution in [-0.2, 0) is 21.0 Å². The van der Waals surface area contributed by atoms with Crippen molar-refractivity contribution in [1.29, 1.82) is 0 Å². The minimum absolute atomic E-state index is 0.294. The number of carbonyl (C=O) groups excluding carboxylic acids is 2. The van der Waals surface area contributed by atoms with Crippen molar-refractivity contribution in [2.45, 2.75) is 18.8 Å². The van der Waals surface area contributed by atoms with Crippen LogP contribution in [-0.4, -0.2) is 25.0 Å². The van der Waals surface area contributed by atoms with Crippen LogP contribution in [0, 0.1) is 5.92 Å². The third kappa shape index (κ3) is 4.27. The highest BCUT2D eigenvalue weighted by molar-refractivity contribution is 6.23. The van der Waals surface area contributed by atoms with E-state index in [1.54, 1.807) is 36.4 Å². The summed E-state index contributed by atoms with van der Waals surface area (Å²) in [5.74, 6) is -0.0182. The Labute approximate surface area is 220 Å². The molecule has 2 aliphatic heterocycles. The molecule has 0 N–H and O–H groups in total. The highest BCUT2D eigenvalue weighted by Gasteiger charge is 2.60. The number of amides is 2. The van der Waals surface area contributed by atoms with Crippen LogP contribution in [0.25, 0.3) is 0 Å². The Morgan fingerprint density at radius 1 is 0.711 bits per heavy atom. The van der Waals surface area contributed by atoms with E-state index in [2.05, 4.69) is 0 Å². The van der Waals surface area contributed by atoms with E-state index in [1.165, 1.54) is 4.90 Å². The summed E-state index contributed by atoms with van der Waals surface area (Å²) < 4.78 is 11.2. The van der Waals surface area contributed by atoms with E-state index >= 15 is 0 Å². The molecule has 3 unspecified atom stereocenters. The third-order valence-corrected chi connectivity index (χ3v) is 6.93. The molecule has 2 amide bonds. The lowest BCUT2D eigenvalue weighted by Crippen LogP contribution is -2.37. The van der Waals surface area contributed by atoms with Gasteiger partial charge in [-0.3, -0.25) is 14.4 Å². The predicted molar refractivity (Wildman–Crippen MR) is 143 cm³/mol. The van der Waals surface area contributed by atoms with E-state index in [-0.39, 0.29) is 11.8 Å². The molecular weight excluding hydrogens is 480 g/mol. The second-order valence-corrected chi connectivity index (χ2v) is 9.21. The van der Waals surface area contributed by atoms with Gasteiger partial charge in [0.05, 0.1) is 24.5 Å². The Morgan fingerprint density at radius 2 is 1.34 bits per heavy atom. The molecule has 0 spiro atoms. The van der Waals surface area contributed by atoms with Gasteiger partial charge >= 0.3 is 0 Å². The number of hydroxylamine groups is 1. The van der Waals surface area contributed by atoms with Crippen molar-refractivity contribution in [3.8, 4) is 11.5 Å². The molecule has 2 heterocycles. The summed E-state index contributed by atoms with van der Waals surface area (Å²) in [6.45, 7) is 0.456. The van der Waals surface area contributed by atoms with Gasteiger partial charge in [-0.05, 0) is 59.7 Å². The van der Waals surface area contributed by atoms with Gasteiger partial charge in [-0.2, -0.15) is 0 Å². The fourth-order valence-electron chi connectivity index (χ4n) is 5.04. The van der Waals surface area contributed by atoms with Crippen LogP contribution in [0.15, 0.2) is 109 Å². The Morgan fingerprint density at radius 3 is 2.00 bits per heavy atom. The second kappa shape index (κ2) is 10.0. The van der Waals surface area contributed by atoms with Crippen LogP contribution < -0.4 is 19.4 Å². The Balaban J connectivity index is 1.30. The lowest BCUT2D eigenvalue weighted by atomic mass is 9.90. The number of fused-ring (bicyclic) bond motifs is 1. The van der Waals surface area contributed by atoms with Crippen LogP contribution in [0.5, 0.6) is 11.5 Å². The molecule has 4 aromatic carbocycles. The predicted octanol–water partition coefficient (Wildman–Crippen LogP) is 5.33. The normalized spacial score (nSPS) is 20.5. The molecule has 38 heavy (non-hydrogen) atoms. The first-order valence-electron chi connectivity index (χ1n) is 12.4. The SMILES string of the molecule is COc1ccc(N2C(=O)C3ON(c4ccccc4)C(c4ccc(OCc5ccccc5)cc4)C3C2=O)cc1. The van der Waals surface area contributed by atoms with Gasteiger partial charge in [0.25, 0.3) is 5.91 Å². The maximum absolute atomic E-state index is 13.8. The lowest BCUT2D eigenvalue weighted by molar-refractivity contribution is -0.126. The number of anilines is 2. The van der Waals surface area contributed by atoms with Gasteiger partial charge in [0, 0.05) is 0 Å². The van der Waals surface area contributed by atoms with Crippen molar-refractivity contribution < 1.29 is 23.9 Å². The van der Waals surface area contributed by atoms with Crippen molar-refractivity contribution in [3.05, 3.63) is 120 Å². The van der Waals surface area contributed by atoms with Crippen molar-refractivity contribution >= 4 is 23.2 Å². The molecule has 2 aliphatic rings. The zero-order valence-electron chi connectivity index (χ0n) is 20.8. The summed E-state index contributed by atoms with van der Waals surface area (Å²) in [6, 6.07) is 33.5. The molecule has 0 aromatic heterocycles. The molecule has 0 saturated carbocycles. The maximum Gasteiger partial charge on any atom is 0.266 e. The first-order chi connectivity index (χ1) is 18.6. The smallest absolute Gasteiger partial charge is 0.266 e. The number of methoxy groups -OCH3 is 1. The van der Waals surface area contributed by atoms with E-state index < -0.39 is 18.1 Å². The standard InChI is InChI=1S/C31H26N2O5/c1-36-25-18-14-23(15-19-25)32-30(34)27-28(33(38-29(27)31(32)35)24-10-6-3-7-11-24)22-12-16-26(17-13-22)37-20-21-8-4-2-5-9-21/h2-19,27-29H,20H2,1H3. The zero-order chi connectivity index (χ0) is 26.1. The molecule has 2 fully saturated rings. The van der Waals surface area contributed by atoms with E-state index in [9.17, 15) is 9.59 Å². The number of para-hydroxylation sites is 1. The van der Waals surface area contributed by atoms with Gasteiger partial charge in [-0.1, -0.05) is 60.7 Å². The number of nitrogens with zero attached hydrogens (tertiary/aromatic N) is 2. The summed E-state index contributed by atoms with van der Waals surface area (Å²) in [7, 11) is 1.57. The van der Waals surface area contributed by atoms with Gasteiger partial charge in [-0.15, -0.1) is 0 Å². The van der Waals surface area contributed by atoms with E-state index in [4.69, 9.17) is 14.3 Å². The van der Waals surface area contributed by atoms with Crippen molar-refractivity contribution in [2.24, 2.45) is 5.92 Å². The zero-order valence-corrected chi connectivity index (χ0v) is 20.8. The molecule has 7 heteroatoms. The summed E-state index contributed by atoms with van der Waals surface area (Å²) in [5, 5.41) is 1.69. The van der Waals surface area contributed by atoms with Gasteiger partial charge in [-0.25, -0.2) is 9.96 Å². The van der Waals surface area contributed by atoms with Gasteiger partial charge in [0.2, 0.25) is 5.91 Å². The number of imide groups is 1. The van der Waals surface area contributed by atoms with Crippen molar-refractivity contribution in [2.75, 3.05) is 17.1 Å². The summed E-state index contributed by atoms with van der Waals surface area (Å²) in [6.07, 6.45) is -0.927. The molecule has 2 saturated heterocycles. The van der Waals surface area contributed by atoms with Gasteiger partial charge in [0.1, 0.15) is 24.0 Å². The number of benzene rings is 4. The summed E-state index contributed by atoms with van der Waals surface area (Å²) >= 11 is 0. The number of rotatable bonds is 7. The Bertz CT molecular complexity index is 1430. The van der Waals surface area contributed by atoms with Gasteiger partial charge < -0.3 is 9.47 Å². The molecule has 0 bridgehead atoms. The second-order valence-electron chi connectivity index (χ2n) is 9.21. The van der Waals surface area contributed by atoms with Crippen molar-refractivity contribution in [1.82, 2.24) is 0 Å². The Kier molecular flexibility index (Phi) is 6.27. The molecule has 6 rings (SSSR count). The number of ether oxygens (including phenoxy) is 2. The molecular formula is C31H26N2O5. The molecule has 0 radical (unpaired) electrons. The minimum atomic E-state index is -0.927. The van der Waals surface area contributed by atoms with E-state index in [0.717, 1.165) is 16.8 Å². The summed E-state index contributed by atoms with van der Waals surface area (Å²) in [4.78, 5) is 34.7. The number of hydrogen-bond acceptors (Lipinski definition) is 6. The fraction of sp³-hybridized carbons (Fsp3) is 0.161. The fourth-order valence-corrected chi connectivity index (χ4v) is 5.04. The first-order valence-corrected chi connectivity index (χ1v) is 12.4. The molecule has 4 aromatic rings. The quantitative estimate of drug-likeness (QED) is 0.316. The lowest BCUT2D eigenvalue weighted by Gasteiger charge is -2.29. The van der Waals surface area contributed by atoms with Crippen LogP contribution in [0.2, 0.25) is 0 Å². The molecule has 190 valence electrons. The highest BCUT2D eigenvalue weighted by Crippen LogP contribution is 2.47. The number of hydrogen-bond donors (Lipinski definition) is 0. The van der Waals surface area contributed by atoms with Crippen LogP contribution in [0.3, 0.4) is 0 Å². The molecule has 3 atom stereocenters. The largest absolute Gasteiger partial charge is 0.497 e. The van der Waals surface area contributed by atoms with Crippen LogP contribution >= 0.6 is 0 Å². The molecule has 0 aliphatic carbocycles. The minimum Gasteiger partial charge on any atom is -0.497 e. The van der Waals surface area contributed by atoms with Crippen molar-refractivity contribution in [3.63, 3.8) is 0 Å². The van der Waals surface area contributed by atoms with E-state index in [0.29, 0.717) is 23.8 Å². The number of carbonyl (C=O) groups is 2. The summed E-state index contributed by atoms with van der Waals surface area (Å²) in [5.41, 5.74) is 3.19. The maximum atomic E-state index is 13.8. The third-order valence-electron chi connectivity index (χ3n) is 6.93. The first kappa shape index (κ1) is 23.8.